The van der Waals surface area contributed by atoms with Gasteiger partial charge < -0.3 is 39.9 Å². The lowest BCUT2D eigenvalue weighted by Gasteiger charge is -2.28. The molecular formula is C52H60N10O6. The third-order valence-electron chi connectivity index (χ3n) is 12.6. The number of hydrogen-bond donors (Lipinski definition) is 4. The van der Waals surface area contributed by atoms with Gasteiger partial charge in [0.25, 0.3) is 11.8 Å². The van der Waals surface area contributed by atoms with Crippen molar-refractivity contribution in [2.24, 2.45) is 23.7 Å². The van der Waals surface area contributed by atoms with Gasteiger partial charge >= 0.3 is 0 Å². The Morgan fingerprint density at radius 3 is 1.16 bits per heavy atom. The second kappa shape index (κ2) is 19.5. The van der Waals surface area contributed by atoms with E-state index in [1.54, 1.807) is 12.1 Å². The van der Waals surface area contributed by atoms with Gasteiger partial charge in [-0.15, -0.1) is 0 Å². The fourth-order valence-electron chi connectivity index (χ4n) is 8.61. The molecule has 0 unspecified atom stereocenters. The van der Waals surface area contributed by atoms with Crippen LogP contribution in [0.15, 0.2) is 84.9 Å². The van der Waals surface area contributed by atoms with Gasteiger partial charge in [0.05, 0.1) is 23.5 Å². The van der Waals surface area contributed by atoms with Crippen molar-refractivity contribution in [1.29, 1.82) is 0 Å². The lowest BCUT2D eigenvalue weighted by atomic mass is 9.99. The summed E-state index contributed by atoms with van der Waals surface area (Å²) < 4.78 is 16.3. The van der Waals surface area contributed by atoms with Crippen LogP contribution in [-0.4, -0.2) is 64.8 Å². The molecule has 2 aromatic carbocycles. The number of aromatic nitrogens is 6. The number of amides is 4. The Labute approximate surface area is 396 Å². The van der Waals surface area contributed by atoms with Crippen molar-refractivity contribution in [3.8, 4) is 34.6 Å². The van der Waals surface area contributed by atoms with Gasteiger partial charge in [0, 0.05) is 36.6 Å². The van der Waals surface area contributed by atoms with Crippen LogP contribution in [0.25, 0.3) is 11.4 Å². The minimum absolute atomic E-state index is 0.121. The van der Waals surface area contributed by atoms with Crippen molar-refractivity contribution in [3.63, 3.8) is 0 Å². The standard InChI is InChI=1S/C52H60N10O6/c1-27(2)41-47-55-45-31(9)61(47)25-33-17-21-35(22-18-33)67-39-15-11-13-37(53-39)38-14-12-16-40(54-38)68-36-23-19-34(20-24-36)26-62-32(10)46(52(66)59-43(29(5)6)49(63)57-41)56-48(62)42(28(3)4)58-50(64)44(30(7)8)60-51(45)65/h11-24,27-30,41-44H,25-26H2,1-10H3,(H,57,63)(H,58,64)(H,59,66)(H,60,65)/t41-,42-,43-,44-/m0/s1. The minimum atomic E-state index is -0.975. The van der Waals surface area contributed by atoms with Crippen LogP contribution in [0.2, 0.25) is 0 Å². The zero-order chi connectivity index (χ0) is 48.6. The van der Waals surface area contributed by atoms with E-state index < -0.39 is 47.8 Å². The molecule has 16 heteroatoms. The van der Waals surface area contributed by atoms with E-state index in [0.29, 0.717) is 57.7 Å². The molecule has 7 aliphatic rings. The molecule has 4 amide bonds. The van der Waals surface area contributed by atoms with Crippen LogP contribution in [0.1, 0.15) is 123 Å². The van der Waals surface area contributed by atoms with E-state index in [-0.39, 0.29) is 48.1 Å². The largest absolute Gasteiger partial charge is 0.439 e. The van der Waals surface area contributed by atoms with Crippen LogP contribution < -0.4 is 30.7 Å². The van der Waals surface area contributed by atoms with Crippen LogP contribution in [0.3, 0.4) is 0 Å². The van der Waals surface area contributed by atoms with E-state index in [9.17, 15) is 19.2 Å². The molecule has 68 heavy (non-hydrogen) atoms. The van der Waals surface area contributed by atoms with Gasteiger partial charge in [-0.1, -0.05) is 91.8 Å². The average Bonchev–Trinajstić information content (AvgIpc) is 3.80. The molecule has 0 spiro atoms. The Hall–Kier alpha value is -7.36. The second-order valence-electron chi connectivity index (χ2n) is 19.0. The van der Waals surface area contributed by atoms with E-state index in [0.717, 1.165) is 11.1 Å². The van der Waals surface area contributed by atoms with Crippen LogP contribution in [-0.2, 0) is 22.7 Å². The molecule has 0 radical (unpaired) electrons. The molecule has 14 bridgehead atoms. The lowest BCUT2D eigenvalue weighted by Crippen LogP contribution is -2.52. The third kappa shape index (κ3) is 9.85. The smallest absolute Gasteiger partial charge is 0.272 e. The fourth-order valence-corrected chi connectivity index (χ4v) is 8.61. The summed E-state index contributed by atoms with van der Waals surface area (Å²) in [5, 5.41) is 12.5. The normalized spacial score (nSPS) is 19.1. The number of pyridine rings is 2. The molecule has 6 aromatic rings. The first-order chi connectivity index (χ1) is 32.4. The van der Waals surface area contributed by atoms with Crippen molar-refractivity contribution in [2.75, 3.05) is 0 Å². The molecular weight excluding hydrogens is 861 g/mol. The molecule has 0 saturated carbocycles. The van der Waals surface area contributed by atoms with Crippen molar-refractivity contribution >= 4 is 23.6 Å². The Morgan fingerprint density at radius 1 is 0.471 bits per heavy atom. The quantitative estimate of drug-likeness (QED) is 0.135. The third-order valence-corrected chi connectivity index (χ3v) is 12.6. The number of rotatable bonds is 4. The summed E-state index contributed by atoms with van der Waals surface area (Å²) in [7, 11) is 0. The number of carbonyl (C=O) groups excluding carboxylic acids is 4. The first kappa shape index (κ1) is 47.1. The number of hydrogen-bond acceptors (Lipinski definition) is 10. The van der Waals surface area contributed by atoms with Gasteiger partial charge in [-0.05, 0) is 85.0 Å². The zero-order valence-corrected chi connectivity index (χ0v) is 40.2. The Balaban J connectivity index is 1.32. The maximum absolute atomic E-state index is 14.6. The summed E-state index contributed by atoms with van der Waals surface area (Å²) in [6.45, 7) is 19.5. The first-order valence-electron chi connectivity index (χ1n) is 23.3. The number of nitrogens with zero attached hydrogens (tertiary/aromatic N) is 6. The summed E-state index contributed by atoms with van der Waals surface area (Å²) in [5.41, 5.74) is 4.23. The number of nitrogens with one attached hydrogen (secondary N) is 4. The molecule has 13 rings (SSSR count). The number of benzene rings is 2. The molecule has 7 aliphatic heterocycles. The SMILES string of the molecule is Cc1c2nc3n1Cc1ccc(cc1)Oc1cccc(n1)-c1cccc(n1)Oc1ccc(cc1)Cn1c(nc(c1C)C(=O)N[C@@H](C(C)C)C(=O)N[C@H]3C(C)C)[C@H](C(C)C)NC(=O)[C@H](C(C)C)NC2=O. The molecule has 16 nitrogen and oxygen atoms in total. The van der Waals surface area contributed by atoms with Crippen molar-refractivity contribution in [1.82, 2.24) is 50.3 Å². The molecule has 4 N–H and O–H groups in total. The summed E-state index contributed by atoms with van der Waals surface area (Å²) in [4.78, 5) is 77.8. The van der Waals surface area contributed by atoms with Crippen molar-refractivity contribution in [3.05, 3.63) is 130 Å². The molecule has 0 saturated heterocycles. The van der Waals surface area contributed by atoms with Crippen LogP contribution in [0.5, 0.6) is 23.3 Å². The molecule has 4 aromatic heterocycles. The Morgan fingerprint density at radius 2 is 0.824 bits per heavy atom. The predicted molar refractivity (Wildman–Crippen MR) is 256 cm³/mol. The highest BCUT2D eigenvalue weighted by Gasteiger charge is 2.37. The highest BCUT2D eigenvalue weighted by molar-refractivity contribution is 5.98. The van der Waals surface area contributed by atoms with Gasteiger partial charge in [-0.3, -0.25) is 19.2 Å². The number of carbonyl (C=O) groups is 4. The summed E-state index contributed by atoms with van der Waals surface area (Å²) in [5.74, 6) is -0.260. The van der Waals surface area contributed by atoms with Gasteiger partial charge in [-0.25, -0.2) is 19.9 Å². The summed E-state index contributed by atoms with van der Waals surface area (Å²) >= 11 is 0. The van der Waals surface area contributed by atoms with E-state index >= 15 is 0 Å². The first-order valence-corrected chi connectivity index (χ1v) is 23.3. The molecule has 0 fully saturated rings. The van der Waals surface area contributed by atoms with Gasteiger partial charge in [0.15, 0.2) is 0 Å². The van der Waals surface area contributed by atoms with Crippen LogP contribution in [0, 0.1) is 37.5 Å². The zero-order valence-electron chi connectivity index (χ0n) is 40.2. The van der Waals surface area contributed by atoms with Crippen molar-refractivity contribution in [2.45, 2.75) is 106 Å². The van der Waals surface area contributed by atoms with E-state index in [2.05, 4.69) is 21.3 Å². The molecule has 4 atom stereocenters. The van der Waals surface area contributed by atoms with E-state index in [4.69, 9.17) is 29.4 Å². The van der Waals surface area contributed by atoms with Gasteiger partial charge in [-0.2, -0.15) is 0 Å². The second-order valence-corrected chi connectivity index (χ2v) is 19.0. The Kier molecular flexibility index (Phi) is 13.5. The average molecular weight is 921 g/mol. The predicted octanol–water partition coefficient (Wildman–Crippen LogP) is 8.00. The van der Waals surface area contributed by atoms with Crippen LogP contribution >= 0.6 is 0 Å². The van der Waals surface area contributed by atoms with Gasteiger partial charge in [0.1, 0.15) is 46.6 Å². The molecule has 354 valence electrons. The topological polar surface area (TPSA) is 196 Å². The monoisotopic (exact) mass is 920 g/mol. The summed E-state index contributed by atoms with van der Waals surface area (Å²) in [6.07, 6.45) is 0. The molecule has 11 heterocycles. The van der Waals surface area contributed by atoms with Crippen molar-refractivity contribution < 1.29 is 28.7 Å². The van der Waals surface area contributed by atoms with Crippen LogP contribution in [0.4, 0.5) is 0 Å². The van der Waals surface area contributed by atoms with E-state index in [1.165, 1.54) is 0 Å². The maximum Gasteiger partial charge on any atom is 0.272 e. The number of imidazole rings is 2. The highest BCUT2D eigenvalue weighted by Crippen LogP contribution is 2.31. The maximum atomic E-state index is 14.6. The minimum Gasteiger partial charge on any atom is -0.439 e. The van der Waals surface area contributed by atoms with E-state index in [1.807, 2.05) is 151 Å². The Bertz CT molecular complexity index is 2650. The highest BCUT2D eigenvalue weighted by atomic mass is 16.5. The number of ether oxygens (including phenoxy) is 2. The molecule has 0 aliphatic carbocycles. The van der Waals surface area contributed by atoms with Gasteiger partial charge in [0.2, 0.25) is 23.6 Å². The fraction of sp³-hybridized carbons (Fsp3) is 0.385. The summed E-state index contributed by atoms with van der Waals surface area (Å²) in [6, 6.07) is 22.6. The lowest BCUT2D eigenvalue weighted by molar-refractivity contribution is -0.125.